The number of aliphatic carboxylic acids is 1. The van der Waals surface area contributed by atoms with Crippen LogP contribution in [0.15, 0.2) is 24.3 Å². The van der Waals surface area contributed by atoms with Gasteiger partial charge in [-0.05, 0) is 31.5 Å². The Morgan fingerprint density at radius 2 is 2.11 bits per heavy atom. The molecule has 1 aromatic carbocycles. The van der Waals surface area contributed by atoms with Crippen LogP contribution in [0.3, 0.4) is 0 Å². The summed E-state index contributed by atoms with van der Waals surface area (Å²) in [6, 6.07) is 8.23. The molecule has 0 spiro atoms. The first-order valence-electron chi connectivity index (χ1n) is 5.63. The number of carboxylic acids is 1. The van der Waals surface area contributed by atoms with E-state index in [1.807, 2.05) is 6.07 Å². The number of nitrogens with one attached hydrogen (secondary N) is 2. The highest BCUT2D eigenvalue weighted by Crippen LogP contribution is 2.04. The van der Waals surface area contributed by atoms with Crippen LogP contribution in [0.5, 0.6) is 0 Å². The molecular weight excluding hydrogens is 246 g/mol. The van der Waals surface area contributed by atoms with Crippen molar-refractivity contribution in [3.63, 3.8) is 0 Å². The molecule has 0 fully saturated rings. The molecule has 0 aromatic heterocycles. The number of amides is 2. The van der Waals surface area contributed by atoms with E-state index in [0.29, 0.717) is 5.56 Å². The van der Waals surface area contributed by atoms with Gasteiger partial charge in [0.25, 0.3) is 0 Å². The zero-order chi connectivity index (χ0) is 14.5. The largest absolute Gasteiger partial charge is 0.480 e. The second kappa shape index (κ2) is 5.87. The number of nitrogens with zero attached hydrogens (tertiary/aromatic N) is 1. The summed E-state index contributed by atoms with van der Waals surface area (Å²) in [5.41, 5.74) is -0.0635. The average Bonchev–Trinajstić information content (AvgIpc) is 2.36. The zero-order valence-corrected chi connectivity index (χ0v) is 10.7. The van der Waals surface area contributed by atoms with Crippen LogP contribution in [0.1, 0.15) is 25.0 Å². The lowest BCUT2D eigenvalue weighted by atomic mass is 10.1. The van der Waals surface area contributed by atoms with Gasteiger partial charge >= 0.3 is 12.0 Å². The Balaban J connectivity index is 2.55. The number of nitriles is 1. The van der Waals surface area contributed by atoms with Crippen LogP contribution in [0.2, 0.25) is 0 Å². The van der Waals surface area contributed by atoms with E-state index in [9.17, 15) is 9.59 Å². The Bertz CT molecular complexity index is 532. The third kappa shape index (κ3) is 4.32. The molecule has 0 aliphatic heterocycles. The summed E-state index contributed by atoms with van der Waals surface area (Å²) in [6.07, 6.45) is 0. The predicted octanol–water partition coefficient (Wildman–Crippen LogP) is 1.22. The van der Waals surface area contributed by atoms with Gasteiger partial charge in [-0.2, -0.15) is 5.26 Å². The molecule has 0 atom stereocenters. The lowest BCUT2D eigenvalue weighted by molar-refractivity contribution is -0.142. The number of carbonyl (C=O) groups is 2. The van der Waals surface area contributed by atoms with Crippen molar-refractivity contribution in [2.24, 2.45) is 0 Å². The van der Waals surface area contributed by atoms with E-state index in [0.717, 1.165) is 5.56 Å². The van der Waals surface area contributed by atoms with Gasteiger partial charge in [-0.3, -0.25) is 0 Å². The number of rotatable bonds is 4. The van der Waals surface area contributed by atoms with Gasteiger partial charge in [0.15, 0.2) is 0 Å². The van der Waals surface area contributed by atoms with E-state index < -0.39 is 17.5 Å². The first-order chi connectivity index (χ1) is 8.85. The van der Waals surface area contributed by atoms with Crippen molar-refractivity contribution in [2.75, 3.05) is 0 Å². The molecule has 0 bridgehead atoms. The third-order valence-electron chi connectivity index (χ3n) is 2.47. The molecule has 0 aliphatic rings. The highest BCUT2D eigenvalue weighted by atomic mass is 16.4. The van der Waals surface area contributed by atoms with Crippen molar-refractivity contribution in [3.8, 4) is 6.07 Å². The minimum atomic E-state index is -1.33. The third-order valence-corrected chi connectivity index (χ3v) is 2.47. The first-order valence-corrected chi connectivity index (χ1v) is 5.63. The molecular formula is C13H15N3O3. The highest BCUT2D eigenvalue weighted by Gasteiger charge is 2.28. The van der Waals surface area contributed by atoms with Crippen LogP contribution in [0.25, 0.3) is 0 Å². The lowest BCUT2D eigenvalue weighted by Crippen LogP contribution is -2.52. The Morgan fingerprint density at radius 1 is 1.42 bits per heavy atom. The Kier molecular flexibility index (Phi) is 4.48. The second-order valence-electron chi connectivity index (χ2n) is 4.55. The number of hydrogen-bond donors (Lipinski definition) is 3. The standard InChI is InChI=1S/C13H15N3O3/c1-13(2,11(17)18)16-12(19)15-8-10-5-3-4-9(6-10)7-14/h3-6H,8H2,1-2H3,(H,17,18)(H2,15,16,19). The monoisotopic (exact) mass is 261 g/mol. The molecule has 0 heterocycles. The maximum atomic E-state index is 11.5. The van der Waals surface area contributed by atoms with E-state index in [1.165, 1.54) is 13.8 Å². The van der Waals surface area contributed by atoms with Crippen molar-refractivity contribution in [1.29, 1.82) is 5.26 Å². The molecule has 6 nitrogen and oxygen atoms in total. The molecule has 19 heavy (non-hydrogen) atoms. The average molecular weight is 261 g/mol. The predicted molar refractivity (Wildman–Crippen MR) is 68.2 cm³/mol. The Morgan fingerprint density at radius 3 is 2.68 bits per heavy atom. The highest BCUT2D eigenvalue weighted by molar-refractivity contribution is 5.85. The number of carboxylic acid groups (broad SMARTS) is 1. The molecule has 6 heteroatoms. The normalized spacial score (nSPS) is 10.4. The van der Waals surface area contributed by atoms with Crippen molar-refractivity contribution in [3.05, 3.63) is 35.4 Å². The number of urea groups is 1. The SMILES string of the molecule is CC(C)(NC(=O)NCc1cccc(C#N)c1)C(=O)O. The van der Waals surface area contributed by atoms with Crippen molar-refractivity contribution in [1.82, 2.24) is 10.6 Å². The first kappa shape index (κ1) is 14.5. The second-order valence-corrected chi connectivity index (χ2v) is 4.55. The number of carbonyl (C=O) groups excluding carboxylic acids is 1. The quantitative estimate of drug-likeness (QED) is 0.758. The van der Waals surface area contributed by atoms with Crippen molar-refractivity contribution in [2.45, 2.75) is 25.9 Å². The van der Waals surface area contributed by atoms with Gasteiger partial charge in [-0.1, -0.05) is 12.1 Å². The zero-order valence-electron chi connectivity index (χ0n) is 10.7. The van der Waals surface area contributed by atoms with Crippen LogP contribution >= 0.6 is 0 Å². The van der Waals surface area contributed by atoms with E-state index >= 15 is 0 Å². The lowest BCUT2D eigenvalue weighted by Gasteiger charge is -2.21. The molecule has 2 amide bonds. The molecule has 0 aliphatic carbocycles. The minimum Gasteiger partial charge on any atom is -0.480 e. The molecule has 0 saturated carbocycles. The summed E-state index contributed by atoms with van der Waals surface area (Å²) < 4.78 is 0. The van der Waals surface area contributed by atoms with Gasteiger partial charge in [0.1, 0.15) is 5.54 Å². The van der Waals surface area contributed by atoms with E-state index in [1.54, 1.807) is 24.3 Å². The molecule has 0 unspecified atom stereocenters. The van der Waals surface area contributed by atoms with E-state index in [2.05, 4.69) is 10.6 Å². The summed E-state index contributed by atoms with van der Waals surface area (Å²) in [6.45, 7) is 3.01. The fourth-order valence-corrected chi connectivity index (χ4v) is 1.31. The van der Waals surface area contributed by atoms with Gasteiger partial charge in [0, 0.05) is 6.54 Å². The summed E-state index contributed by atoms with van der Waals surface area (Å²) in [7, 11) is 0. The number of hydrogen-bond acceptors (Lipinski definition) is 3. The van der Waals surface area contributed by atoms with E-state index in [4.69, 9.17) is 10.4 Å². The Hall–Kier alpha value is -2.55. The summed E-state index contributed by atoms with van der Waals surface area (Å²) >= 11 is 0. The molecule has 0 saturated heterocycles. The summed E-state index contributed by atoms with van der Waals surface area (Å²) in [5.74, 6) is -1.12. The van der Waals surface area contributed by atoms with Crippen LogP contribution in [-0.2, 0) is 11.3 Å². The van der Waals surface area contributed by atoms with Crippen LogP contribution in [0, 0.1) is 11.3 Å². The van der Waals surface area contributed by atoms with Crippen molar-refractivity contribution >= 4 is 12.0 Å². The van der Waals surface area contributed by atoms with Crippen molar-refractivity contribution < 1.29 is 14.7 Å². The Labute approximate surface area is 111 Å². The molecule has 1 rings (SSSR count). The molecule has 1 aromatic rings. The van der Waals surface area contributed by atoms with Crippen LogP contribution in [-0.4, -0.2) is 22.6 Å². The molecule has 0 radical (unpaired) electrons. The van der Waals surface area contributed by atoms with Gasteiger partial charge in [-0.25, -0.2) is 9.59 Å². The number of benzene rings is 1. The summed E-state index contributed by atoms with van der Waals surface area (Å²) in [5, 5.41) is 22.5. The van der Waals surface area contributed by atoms with E-state index in [-0.39, 0.29) is 6.54 Å². The maximum absolute atomic E-state index is 11.5. The van der Waals surface area contributed by atoms with Gasteiger partial charge in [0.05, 0.1) is 11.6 Å². The summed E-state index contributed by atoms with van der Waals surface area (Å²) in [4.78, 5) is 22.4. The van der Waals surface area contributed by atoms with Gasteiger partial charge in [-0.15, -0.1) is 0 Å². The fourth-order valence-electron chi connectivity index (χ4n) is 1.31. The van der Waals surface area contributed by atoms with Gasteiger partial charge in [0.2, 0.25) is 0 Å². The smallest absolute Gasteiger partial charge is 0.328 e. The topological polar surface area (TPSA) is 102 Å². The fraction of sp³-hybridized carbons (Fsp3) is 0.308. The van der Waals surface area contributed by atoms with Crippen LogP contribution < -0.4 is 10.6 Å². The molecule has 100 valence electrons. The van der Waals surface area contributed by atoms with Crippen LogP contribution in [0.4, 0.5) is 4.79 Å². The van der Waals surface area contributed by atoms with Gasteiger partial charge < -0.3 is 15.7 Å². The minimum absolute atomic E-state index is 0.219. The molecule has 3 N–H and O–H groups in total. The maximum Gasteiger partial charge on any atom is 0.328 e.